The monoisotopic (exact) mass is 546 g/mol. The highest BCUT2D eigenvalue weighted by molar-refractivity contribution is 7.98. The fourth-order valence-electron chi connectivity index (χ4n) is 4.17. The second-order valence-electron chi connectivity index (χ2n) is 8.99. The summed E-state index contributed by atoms with van der Waals surface area (Å²) in [6, 6.07) is 24.0. The van der Waals surface area contributed by atoms with Gasteiger partial charge in [0.2, 0.25) is 17.3 Å². The molecular weight excluding hydrogens is 525 g/mol. The smallest absolute Gasteiger partial charge is 0.416 e. The lowest BCUT2D eigenvalue weighted by molar-refractivity contribution is -0.137. The maximum atomic E-state index is 13.2. The van der Waals surface area contributed by atoms with Crippen molar-refractivity contribution < 1.29 is 22.3 Å². The van der Waals surface area contributed by atoms with E-state index in [4.69, 9.17) is 9.15 Å². The summed E-state index contributed by atoms with van der Waals surface area (Å²) in [7, 11) is 0. The van der Waals surface area contributed by atoms with Crippen LogP contribution in [0.4, 0.5) is 18.9 Å². The minimum Gasteiger partial charge on any atom is -0.455 e. The molecule has 196 valence electrons. The van der Waals surface area contributed by atoms with Crippen molar-refractivity contribution >= 4 is 17.4 Å². The minimum atomic E-state index is -4.45. The Bertz CT molecular complexity index is 1640. The van der Waals surface area contributed by atoms with Gasteiger partial charge in [0.15, 0.2) is 11.5 Å². The molecule has 6 nitrogen and oxygen atoms in total. The topological polar surface area (TPSA) is 73.1 Å². The number of anilines is 1. The summed E-state index contributed by atoms with van der Waals surface area (Å²) >= 11 is 1.44. The molecule has 0 saturated carbocycles. The summed E-state index contributed by atoms with van der Waals surface area (Å²) in [6.07, 6.45) is -5.26. The first-order chi connectivity index (χ1) is 18.8. The molecule has 0 spiro atoms. The summed E-state index contributed by atoms with van der Waals surface area (Å²) < 4.78 is 51.9. The van der Waals surface area contributed by atoms with E-state index in [1.54, 1.807) is 18.2 Å². The number of hydrogen-bond donors (Lipinski definition) is 1. The molecule has 3 aromatic carbocycles. The molecule has 0 amide bonds. The van der Waals surface area contributed by atoms with E-state index in [2.05, 4.69) is 44.8 Å². The zero-order chi connectivity index (χ0) is 27.0. The van der Waals surface area contributed by atoms with Crippen LogP contribution < -0.4 is 10.1 Å². The molecule has 0 radical (unpaired) electrons. The van der Waals surface area contributed by atoms with E-state index in [1.165, 1.54) is 23.4 Å². The summed E-state index contributed by atoms with van der Waals surface area (Å²) in [5, 5.41) is 12.5. The number of ether oxygens (including phenoxy) is 1. The first kappa shape index (κ1) is 25.0. The molecule has 1 aliphatic heterocycles. The van der Waals surface area contributed by atoms with E-state index in [1.807, 2.05) is 31.2 Å². The van der Waals surface area contributed by atoms with Gasteiger partial charge in [-0.2, -0.15) is 18.2 Å². The van der Waals surface area contributed by atoms with Gasteiger partial charge >= 0.3 is 6.18 Å². The van der Waals surface area contributed by atoms with Crippen molar-refractivity contribution in [2.24, 2.45) is 0 Å². The highest BCUT2D eigenvalue weighted by Gasteiger charge is 2.31. The molecule has 39 heavy (non-hydrogen) atoms. The zero-order valence-electron chi connectivity index (χ0n) is 20.6. The third-order valence-electron chi connectivity index (χ3n) is 6.18. The Morgan fingerprint density at radius 1 is 0.923 bits per heavy atom. The van der Waals surface area contributed by atoms with Crippen molar-refractivity contribution in [3.8, 4) is 28.5 Å². The number of benzene rings is 3. The van der Waals surface area contributed by atoms with Crippen molar-refractivity contribution in [2.45, 2.75) is 30.2 Å². The predicted octanol–water partition coefficient (Wildman–Crippen LogP) is 7.92. The highest BCUT2D eigenvalue weighted by atomic mass is 32.2. The fourth-order valence-corrected chi connectivity index (χ4v) is 4.90. The number of rotatable bonds is 5. The van der Waals surface area contributed by atoms with Gasteiger partial charge in [-0.25, -0.2) is 0 Å². The molecule has 0 unspecified atom stereocenters. The molecular formula is C29H21F3N4O2S. The number of nitrogens with one attached hydrogen (secondary N) is 1. The van der Waals surface area contributed by atoms with E-state index in [0.717, 1.165) is 28.9 Å². The number of hydrogen-bond acceptors (Lipinski definition) is 7. The lowest BCUT2D eigenvalue weighted by Crippen LogP contribution is -2.16. The largest absolute Gasteiger partial charge is 0.455 e. The molecule has 3 heterocycles. The third kappa shape index (κ3) is 5.33. The fraction of sp³-hybridized carbons (Fsp3) is 0.138. The molecule has 6 rings (SSSR count). The second kappa shape index (κ2) is 10.1. The average Bonchev–Trinajstić information content (AvgIpc) is 3.37. The lowest BCUT2D eigenvalue weighted by Gasteiger charge is -2.16. The number of aryl methyl sites for hydroxylation is 1. The van der Waals surface area contributed by atoms with Crippen LogP contribution in [0.2, 0.25) is 0 Å². The summed E-state index contributed by atoms with van der Waals surface area (Å²) in [6.45, 7) is 2.04. The van der Waals surface area contributed by atoms with Gasteiger partial charge in [-0.15, -0.1) is 10.2 Å². The van der Waals surface area contributed by atoms with Gasteiger partial charge in [-0.3, -0.25) is 0 Å². The lowest BCUT2D eigenvalue weighted by atomic mass is 10.1. The molecule has 0 aliphatic carbocycles. The van der Waals surface area contributed by atoms with Gasteiger partial charge in [-0.1, -0.05) is 71.9 Å². The minimum absolute atomic E-state index is 0.274. The SMILES string of the molecule is Cc1ccc(CSc2nnc3c(n2)O[C@H](c2ccc(-c4cccc(C(F)(F)F)c4)o2)Nc2ccccc2-3)cc1. The Hall–Kier alpha value is -4.31. The number of alkyl halides is 3. The zero-order valence-corrected chi connectivity index (χ0v) is 21.4. The third-order valence-corrected chi connectivity index (χ3v) is 7.09. The Balaban J connectivity index is 1.31. The van der Waals surface area contributed by atoms with E-state index in [9.17, 15) is 13.2 Å². The Morgan fingerprint density at radius 3 is 2.56 bits per heavy atom. The first-order valence-electron chi connectivity index (χ1n) is 12.1. The highest BCUT2D eigenvalue weighted by Crippen LogP contribution is 2.41. The number of thioether (sulfide) groups is 1. The molecule has 0 fully saturated rings. The molecule has 0 saturated heterocycles. The number of fused-ring (bicyclic) bond motifs is 3. The van der Waals surface area contributed by atoms with Gasteiger partial charge in [-0.05, 0) is 42.8 Å². The maximum absolute atomic E-state index is 13.2. The van der Waals surface area contributed by atoms with E-state index < -0.39 is 18.0 Å². The van der Waals surface area contributed by atoms with E-state index >= 15 is 0 Å². The van der Waals surface area contributed by atoms with Crippen LogP contribution in [-0.2, 0) is 11.9 Å². The summed E-state index contributed by atoms with van der Waals surface area (Å²) in [5.41, 5.74) is 3.85. The van der Waals surface area contributed by atoms with Crippen LogP contribution in [0.3, 0.4) is 0 Å². The molecule has 0 bridgehead atoms. The van der Waals surface area contributed by atoms with Crippen LogP contribution in [0, 0.1) is 6.92 Å². The summed E-state index contributed by atoms with van der Waals surface area (Å²) in [4.78, 5) is 4.64. The number of aromatic nitrogens is 3. The Morgan fingerprint density at radius 2 is 1.74 bits per heavy atom. The van der Waals surface area contributed by atoms with Crippen LogP contribution >= 0.6 is 11.8 Å². The van der Waals surface area contributed by atoms with Crippen molar-refractivity contribution in [1.82, 2.24) is 15.2 Å². The van der Waals surface area contributed by atoms with Gasteiger partial charge < -0.3 is 14.5 Å². The van der Waals surface area contributed by atoms with E-state index in [-0.39, 0.29) is 11.6 Å². The van der Waals surface area contributed by atoms with Crippen molar-refractivity contribution in [3.63, 3.8) is 0 Å². The molecule has 1 N–H and O–H groups in total. The van der Waals surface area contributed by atoms with Gasteiger partial charge in [0.1, 0.15) is 5.76 Å². The van der Waals surface area contributed by atoms with Crippen molar-refractivity contribution in [1.29, 1.82) is 0 Å². The standard InChI is InChI=1S/C29H21F3N4O2S/c1-17-9-11-18(12-10-17)16-39-28-34-27-25(35-36-28)21-7-2-3-8-22(21)33-26(38-27)24-14-13-23(37-24)19-5-4-6-20(15-19)29(30,31)32/h2-15,26,33H,16H2,1H3/t26-/m1/s1. The van der Waals surface area contributed by atoms with Gasteiger partial charge in [0.05, 0.1) is 5.56 Å². The number of para-hydroxylation sites is 1. The molecule has 5 aromatic rings. The van der Waals surface area contributed by atoms with Gasteiger partial charge in [0.25, 0.3) is 0 Å². The number of nitrogens with zero attached hydrogens (tertiary/aromatic N) is 3. The van der Waals surface area contributed by atoms with Gasteiger partial charge in [0, 0.05) is 22.6 Å². The first-order valence-corrected chi connectivity index (χ1v) is 13.0. The van der Waals surface area contributed by atoms with Crippen LogP contribution in [0.25, 0.3) is 22.6 Å². The molecule has 2 aromatic heterocycles. The number of furan rings is 1. The van der Waals surface area contributed by atoms with Crippen LogP contribution in [0.15, 0.2) is 94.5 Å². The van der Waals surface area contributed by atoms with Crippen LogP contribution in [-0.4, -0.2) is 15.2 Å². The molecule has 10 heteroatoms. The number of halogens is 3. The summed E-state index contributed by atoms with van der Waals surface area (Å²) in [5.74, 6) is 1.60. The van der Waals surface area contributed by atoms with E-state index in [0.29, 0.717) is 27.9 Å². The van der Waals surface area contributed by atoms with Crippen molar-refractivity contribution in [3.05, 3.63) is 107 Å². The normalized spacial score (nSPS) is 14.5. The predicted molar refractivity (Wildman–Crippen MR) is 142 cm³/mol. The molecule has 1 atom stereocenters. The van der Waals surface area contributed by atoms with Crippen LogP contribution in [0.5, 0.6) is 5.88 Å². The average molecular weight is 547 g/mol. The quantitative estimate of drug-likeness (QED) is 0.225. The Labute approximate surface area is 226 Å². The van der Waals surface area contributed by atoms with Crippen LogP contribution in [0.1, 0.15) is 28.7 Å². The maximum Gasteiger partial charge on any atom is 0.416 e. The Kier molecular flexibility index (Phi) is 6.48. The van der Waals surface area contributed by atoms with Crippen molar-refractivity contribution in [2.75, 3.05) is 5.32 Å². The second-order valence-corrected chi connectivity index (χ2v) is 9.93. The molecule has 1 aliphatic rings.